The first-order valence-corrected chi connectivity index (χ1v) is 7.31. The van der Waals surface area contributed by atoms with Crippen LogP contribution in [0, 0.1) is 27.7 Å². The average molecular weight is 284 g/mol. The molecule has 0 saturated carbocycles. The molecule has 0 fully saturated rings. The summed E-state index contributed by atoms with van der Waals surface area (Å²) in [5, 5.41) is 10.7. The molecular weight excluding hydrogens is 260 g/mol. The first kappa shape index (κ1) is 15.6. The number of benzene rings is 2. The minimum absolute atomic E-state index is 0.513. The van der Waals surface area contributed by atoms with E-state index in [9.17, 15) is 5.11 Å². The summed E-state index contributed by atoms with van der Waals surface area (Å²) in [7, 11) is 1.67. The monoisotopic (exact) mass is 284 g/mol. The van der Waals surface area contributed by atoms with E-state index < -0.39 is 6.10 Å². The zero-order valence-corrected chi connectivity index (χ0v) is 13.5. The molecule has 0 radical (unpaired) electrons. The van der Waals surface area contributed by atoms with Crippen LogP contribution >= 0.6 is 0 Å². The summed E-state index contributed by atoms with van der Waals surface area (Å²) in [6.07, 6.45) is 0.0524. The van der Waals surface area contributed by atoms with E-state index in [1.807, 2.05) is 12.1 Å². The lowest BCUT2D eigenvalue weighted by atomic mass is 9.91. The highest BCUT2D eigenvalue weighted by molar-refractivity contribution is 5.42. The van der Waals surface area contributed by atoms with E-state index in [-0.39, 0.29) is 0 Å². The molecule has 21 heavy (non-hydrogen) atoms. The van der Waals surface area contributed by atoms with Crippen molar-refractivity contribution in [2.45, 2.75) is 40.2 Å². The highest BCUT2D eigenvalue weighted by atomic mass is 16.5. The maximum Gasteiger partial charge on any atom is 0.122 e. The third-order valence-corrected chi connectivity index (χ3v) is 3.92. The van der Waals surface area contributed by atoms with Gasteiger partial charge in [0.1, 0.15) is 5.75 Å². The number of methoxy groups -OCH3 is 1. The van der Waals surface area contributed by atoms with E-state index in [2.05, 4.69) is 45.9 Å². The second kappa shape index (κ2) is 6.31. The number of aliphatic hydroxyl groups is 1. The first-order chi connectivity index (χ1) is 9.92. The Bertz CT molecular complexity index is 621. The number of hydrogen-bond acceptors (Lipinski definition) is 2. The van der Waals surface area contributed by atoms with Crippen molar-refractivity contribution in [1.82, 2.24) is 0 Å². The smallest absolute Gasteiger partial charge is 0.122 e. The second-order valence-corrected chi connectivity index (χ2v) is 5.85. The molecule has 0 saturated heterocycles. The summed E-state index contributed by atoms with van der Waals surface area (Å²) in [4.78, 5) is 0. The molecule has 2 aromatic carbocycles. The fraction of sp³-hybridized carbons (Fsp3) is 0.368. The third-order valence-electron chi connectivity index (χ3n) is 3.92. The normalized spacial score (nSPS) is 12.3. The molecular formula is C19H24O2. The fourth-order valence-corrected chi connectivity index (χ4v) is 3.09. The van der Waals surface area contributed by atoms with Gasteiger partial charge >= 0.3 is 0 Å². The molecule has 0 aromatic heterocycles. The largest absolute Gasteiger partial charge is 0.496 e. The number of aryl methyl sites for hydroxylation is 4. The molecule has 0 spiro atoms. The van der Waals surface area contributed by atoms with Gasteiger partial charge in [-0.15, -0.1) is 0 Å². The van der Waals surface area contributed by atoms with E-state index in [0.29, 0.717) is 6.42 Å². The Labute approximate surface area is 127 Å². The van der Waals surface area contributed by atoms with Crippen molar-refractivity contribution in [2.75, 3.05) is 7.11 Å². The average Bonchev–Trinajstić information content (AvgIpc) is 2.37. The Morgan fingerprint density at radius 3 is 2.14 bits per heavy atom. The van der Waals surface area contributed by atoms with Crippen LogP contribution in [0.5, 0.6) is 5.75 Å². The molecule has 0 amide bonds. The van der Waals surface area contributed by atoms with Crippen LogP contribution in [0.15, 0.2) is 30.3 Å². The molecule has 1 unspecified atom stereocenters. The van der Waals surface area contributed by atoms with Gasteiger partial charge in [-0.05, 0) is 56.0 Å². The van der Waals surface area contributed by atoms with Gasteiger partial charge in [-0.3, -0.25) is 0 Å². The van der Waals surface area contributed by atoms with Gasteiger partial charge in [0.15, 0.2) is 0 Å². The molecule has 0 heterocycles. The fourth-order valence-electron chi connectivity index (χ4n) is 3.09. The lowest BCUT2D eigenvalue weighted by Crippen LogP contribution is -2.08. The van der Waals surface area contributed by atoms with E-state index in [0.717, 1.165) is 28.0 Å². The van der Waals surface area contributed by atoms with Gasteiger partial charge in [0.25, 0.3) is 0 Å². The van der Waals surface area contributed by atoms with E-state index >= 15 is 0 Å². The van der Waals surface area contributed by atoms with Crippen molar-refractivity contribution in [2.24, 2.45) is 0 Å². The van der Waals surface area contributed by atoms with Crippen LogP contribution in [0.2, 0.25) is 0 Å². The lowest BCUT2D eigenvalue weighted by Gasteiger charge is -2.19. The lowest BCUT2D eigenvalue weighted by molar-refractivity contribution is 0.175. The Hall–Kier alpha value is -1.80. The minimum atomic E-state index is -0.513. The summed E-state index contributed by atoms with van der Waals surface area (Å²) in [6, 6.07) is 10.3. The van der Waals surface area contributed by atoms with Crippen molar-refractivity contribution in [1.29, 1.82) is 0 Å². The molecule has 2 rings (SSSR count). The van der Waals surface area contributed by atoms with Gasteiger partial charge in [-0.25, -0.2) is 0 Å². The molecule has 2 aromatic rings. The number of hydrogen-bond donors (Lipinski definition) is 1. The van der Waals surface area contributed by atoms with Crippen molar-refractivity contribution >= 4 is 0 Å². The minimum Gasteiger partial charge on any atom is -0.496 e. The molecule has 112 valence electrons. The van der Waals surface area contributed by atoms with Crippen LogP contribution in [0.25, 0.3) is 0 Å². The van der Waals surface area contributed by atoms with Crippen molar-refractivity contribution in [3.8, 4) is 5.75 Å². The van der Waals surface area contributed by atoms with E-state index in [1.165, 1.54) is 11.1 Å². The van der Waals surface area contributed by atoms with Crippen molar-refractivity contribution in [3.05, 3.63) is 63.7 Å². The molecule has 1 atom stereocenters. The zero-order valence-electron chi connectivity index (χ0n) is 13.5. The van der Waals surface area contributed by atoms with E-state index in [4.69, 9.17) is 4.74 Å². The van der Waals surface area contributed by atoms with Crippen LogP contribution in [0.3, 0.4) is 0 Å². The Morgan fingerprint density at radius 2 is 1.57 bits per heavy atom. The SMILES string of the molecule is COc1ccc(C)cc1CC(O)c1c(C)cc(C)cc1C. The van der Waals surface area contributed by atoms with Gasteiger partial charge in [0.2, 0.25) is 0 Å². The Balaban J connectivity index is 2.34. The number of rotatable bonds is 4. The summed E-state index contributed by atoms with van der Waals surface area (Å²) in [6.45, 7) is 8.26. The predicted molar refractivity (Wildman–Crippen MR) is 87.0 cm³/mol. The van der Waals surface area contributed by atoms with Crippen molar-refractivity contribution in [3.63, 3.8) is 0 Å². The van der Waals surface area contributed by atoms with Crippen LogP contribution in [-0.4, -0.2) is 12.2 Å². The maximum atomic E-state index is 10.7. The van der Waals surface area contributed by atoms with Gasteiger partial charge in [-0.1, -0.05) is 35.4 Å². The maximum absolute atomic E-state index is 10.7. The quantitative estimate of drug-likeness (QED) is 0.911. The van der Waals surface area contributed by atoms with E-state index in [1.54, 1.807) is 7.11 Å². The third kappa shape index (κ3) is 3.45. The number of aliphatic hydroxyl groups excluding tert-OH is 1. The highest BCUT2D eigenvalue weighted by Gasteiger charge is 2.16. The standard InChI is InChI=1S/C19H24O2/c1-12-6-7-18(21-5)16(10-12)11-17(20)19-14(3)8-13(2)9-15(19)4/h6-10,17,20H,11H2,1-5H3. The topological polar surface area (TPSA) is 29.5 Å². The second-order valence-electron chi connectivity index (χ2n) is 5.85. The van der Waals surface area contributed by atoms with Gasteiger partial charge in [0.05, 0.1) is 13.2 Å². The summed E-state index contributed by atoms with van der Waals surface area (Å²) >= 11 is 0. The molecule has 0 aliphatic heterocycles. The molecule has 0 aliphatic carbocycles. The van der Waals surface area contributed by atoms with Crippen LogP contribution in [0.1, 0.15) is 39.5 Å². The summed E-state index contributed by atoms with van der Waals surface area (Å²) < 4.78 is 5.41. The number of ether oxygens (including phenoxy) is 1. The van der Waals surface area contributed by atoms with Crippen LogP contribution in [-0.2, 0) is 6.42 Å². The van der Waals surface area contributed by atoms with Gasteiger partial charge in [0, 0.05) is 6.42 Å². The molecule has 0 aliphatic rings. The summed E-state index contributed by atoms with van der Waals surface area (Å²) in [5.41, 5.74) is 6.77. The zero-order chi connectivity index (χ0) is 15.6. The Morgan fingerprint density at radius 1 is 0.952 bits per heavy atom. The molecule has 0 bridgehead atoms. The predicted octanol–water partition coefficient (Wildman–Crippen LogP) is 4.20. The van der Waals surface area contributed by atoms with Crippen LogP contribution < -0.4 is 4.74 Å². The highest BCUT2D eigenvalue weighted by Crippen LogP contribution is 2.30. The molecule has 2 heteroatoms. The molecule has 2 nitrogen and oxygen atoms in total. The van der Waals surface area contributed by atoms with Gasteiger partial charge < -0.3 is 9.84 Å². The molecule has 1 N–H and O–H groups in total. The van der Waals surface area contributed by atoms with Crippen LogP contribution in [0.4, 0.5) is 0 Å². The van der Waals surface area contributed by atoms with Gasteiger partial charge in [-0.2, -0.15) is 0 Å². The Kier molecular flexibility index (Phi) is 4.69. The first-order valence-electron chi connectivity index (χ1n) is 7.31. The summed E-state index contributed by atoms with van der Waals surface area (Å²) in [5.74, 6) is 0.835. The van der Waals surface area contributed by atoms with Crippen molar-refractivity contribution < 1.29 is 9.84 Å².